The zero-order valence-electron chi connectivity index (χ0n) is 15.6. The zero-order valence-corrected chi connectivity index (χ0v) is 15.6. The third-order valence-corrected chi connectivity index (χ3v) is 4.89. The third-order valence-electron chi connectivity index (χ3n) is 4.89. The minimum atomic E-state index is -0.316. The molecule has 1 heterocycles. The number of esters is 1. The third kappa shape index (κ3) is 3.73. The van der Waals surface area contributed by atoms with Crippen LogP contribution in [-0.4, -0.2) is 43.2 Å². The van der Waals surface area contributed by atoms with Crippen LogP contribution in [0.1, 0.15) is 42.5 Å². The summed E-state index contributed by atoms with van der Waals surface area (Å²) in [6, 6.07) is 0. The van der Waals surface area contributed by atoms with Gasteiger partial charge in [0.15, 0.2) is 0 Å². The molecule has 0 N–H and O–H groups in total. The number of hydrogen-bond donors (Lipinski definition) is 0. The summed E-state index contributed by atoms with van der Waals surface area (Å²) >= 11 is 0. The first kappa shape index (κ1) is 18.7. The summed E-state index contributed by atoms with van der Waals surface area (Å²) in [5.74, 6) is 1.26. The highest BCUT2D eigenvalue weighted by atomic mass is 16.5. The molecule has 0 amide bonds. The van der Waals surface area contributed by atoms with Crippen molar-refractivity contribution in [3.63, 3.8) is 0 Å². The van der Waals surface area contributed by atoms with E-state index in [0.29, 0.717) is 12.3 Å². The topological polar surface area (TPSA) is 58.7 Å². The first-order valence-corrected chi connectivity index (χ1v) is 8.45. The summed E-state index contributed by atoms with van der Waals surface area (Å²) in [5, 5.41) is 10.8. The molecule has 1 aliphatic rings. The van der Waals surface area contributed by atoms with Gasteiger partial charge < -0.3 is 9.47 Å². The molecule has 0 saturated heterocycles. The fraction of sp³-hybridized carbons (Fsp3) is 0.632. The number of carbonyl (C=O) groups excluding carboxylic acids is 1. The van der Waals surface area contributed by atoms with Crippen LogP contribution in [0.3, 0.4) is 0 Å². The van der Waals surface area contributed by atoms with Gasteiger partial charge in [-0.1, -0.05) is 0 Å². The molecular formula is C19H28NO4. The number of ether oxygens (including phenoxy) is 2. The van der Waals surface area contributed by atoms with Crippen LogP contribution in [-0.2, 0) is 16.3 Å². The van der Waals surface area contributed by atoms with Gasteiger partial charge >= 0.3 is 5.97 Å². The Hall–Kier alpha value is -1.59. The molecule has 5 heteroatoms. The van der Waals surface area contributed by atoms with E-state index in [4.69, 9.17) is 9.47 Å². The molecule has 133 valence electrons. The molecule has 0 saturated carbocycles. The predicted octanol–water partition coefficient (Wildman–Crippen LogP) is 2.98. The second-order valence-electron chi connectivity index (χ2n) is 7.10. The standard InChI is InChI=1S/C19H28NO4/c1-12-13(2)18-16(14(3)17(12)23-15(4)22)7-8-19(5,24-18)11-20(6)9-10-21/h7-11H2,1-6H3. The number of nitrogens with zero attached hydrogens (tertiary/aromatic N) is 1. The van der Waals surface area contributed by atoms with Gasteiger partial charge in [0.1, 0.15) is 17.1 Å². The molecule has 2 rings (SSSR count). The molecule has 1 unspecified atom stereocenters. The molecule has 1 atom stereocenters. The molecule has 1 aromatic rings. The maximum Gasteiger partial charge on any atom is 0.308 e. The summed E-state index contributed by atoms with van der Waals surface area (Å²) in [6.07, 6.45) is 1.74. The van der Waals surface area contributed by atoms with Crippen molar-refractivity contribution >= 4 is 5.97 Å². The van der Waals surface area contributed by atoms with Crippen molar-refractivity contribution in [3.8, 4) is 11.5 Å². The fourth-order valence-corrected chi connectivity index (χ4v) is 3.50. The van der Waals surface area contributed by atoms with Crippen LogP contribution in [0.4, 0.5) is 0 Å². The predicted molar refractivity (Wildman–Crippen MR) is 92.4 cm³/mol. The molecule has 0 fully saturated rings. The van der Waals surface area contributed by atoms with E-state index < -0.39 is 0 Å². The Labute approximate surface area is 144 Å². The average molecular weight is 334 g/mol. The number of rotatable bonds is 5. The molecule has 0 spiro atoms. The Kier molecular flexibility index (Phi) is 5.56. The molecule has 5 nitrogen and oxygen atoms in total. The number of likely N-dealkylation sites (N-methyl/N-ethyl adjacent to an activating group) is 1. The van der Waals surface area contributed by atoms with Crippen LogP contribution in [0.5, 0.6) is 11.5 Å². The summed E-state index contributed by atoms with van der Waals surface area (Å²) < 4.78 is 11.8. The fourth-order valence-electron chi connectivity index (χ4n) is 3.50. The Morgan fingerprint density at radius 2 is 1.92 bits per heavy atom. The van der Waals surface area contributed by atoms with Crippen molar-refractivity contribution in [2.75, 3.05) is 26.7 Å². The Morgan fingerprint density at radius 1 is 1.25 bits per heavy atom. The maximum atomic E-state index is 11.4. The van der Waals surface area contributed by atoms with Crippen molar-refractivity contribution in [1.29, 1.82) is 0 Å². The first-order chi connectivity index (χ1) is 11.2. The number of carbonyl (C=O) groups is 1. The van der Waals surface area contributed by atoms with Gasteiger partial charge in [0.25, 0.3) is 0 Å². The van der Waals surface area contributed by atoms with Crippen molar-refractivity contribution in [2.24, 2.45) is 0 Å². The van der Waals surface area contributed by atoms with Gasteiger partial charge in [0.05, 0.1) is 6.61 Å². The second kappa shape index (κ2) is 7.11. The van der Waals surface area contributed by atoms with Crippen LogP contribution in [0.2, 0.25) is 0 Å². The average Bonchev–Trinajstić information content (AvgIpc) is 2.49. The van der Waals surface area contributed by atoms with Gasteiger partial charge in [-0.15, -0.1) is 0 Å². The van der Waals surface area contributed by atoms with Crippen molar-refractivity contribution in [3.05, 3.63) is 22.3 Å². The van der Waals surface area contributed by atoms with Gasteiger partial charge in [-0.05, 0) is 64.3 Å². The minimum Gasteiger partial charge on any atom is -0.486 e. The Balaban J connectivity index is 2.37. The molecule has 0 bridgehead atoms. The normalized spacial score (nSPS) is 19.8. The van der Waals surface area contributed by atoms with Gasteiger partial charge in [-0.2, -0.15) is 0 Å². The first-order valence-electron chi connectivity index (χ1n) is 8.45. The highest BCUT2D eigenvalue weighted by molar-refractivity contribution is 5.72. The van der Waals surface area contributed by atoms with Gasteiger partial charge in [-0.3, -0.25) is 9.69 Å². The Bertz CT molecular complexity index is 641. The van der Waals surface area contributed by atoms with Crippen molar-refractivity contribution in [1.82, 2.24) is 4.90 Å². The largest absolute Gasteiger partial charge is 0.486 e. The van der Waals surface area contributed by atoms with Gasteiger partial charge in [-0.25, -0.2) is 5.11 Å². The molecule has 1 aliphatic heterocycles. The quantitative estimate of drug-likeness (QED) is 0.613. The monoisotopic (exact) mass is 334 g/mol. The van der Waals surface area contributed by atoms with E-state index in [0.717, 1.165) is 47.4 Å². The molecule has 1 aromatic carbocycles. The van der Waals surface area contributed by atoms with Crippen molar-refractivity contribution in [2.45, 2.75) is 53.1 Å². The second-order valence-corrected chi connectivity index (χ2v) is 7.10. The lowest BCUT2D eigenvalue weighted by Crippen LogP contribution is -2.47. The number of benzene rings is 1. The van der Waals surface area contributed by atoms with E-state index in [9.17, 15) is 9.90 Å². The Morgan fingerprint density at radius 3 is 2.50 bits per heavy atom. The molecule has 1 radical (unpaired) electrons. The van der Waals surface area contributed by atoms with Crippen LogP contribution in [0.15, 0.2) is 0 Å². The lowest BCUT2D eigenvalue weighted by molar-refractivity contribution is -0.132. The van der Waals surface area contributed by atoms with Crippen LogP contribution >= 0.6 is 0 Å². The van der Waals surface area contributed by atoms with E-state index in [1.54, 1.807) is 0 Å². The minimum absolute atomic E-state index is 0.105. The number of hydrogen-bond acceptors (Lipinski definition) is 4. The lowest BCUT2D eigenvalue weighted by atomic mass is 9.87. The number of fused-ring (bicyclic) bond motifs is 1. The molecule has 0 aromatic heterocycles. The van der Waals surface area contributed by atoms with Gasteiger partial charge in [0.2, 0.25) is 0 Å². The molecule has 0 aliphatic carbocycles. The van der Waals surface area contributed by atoms with Crippen LogP contribution < -0.4 is 9.47 Å². The van der Waals surface area contributed by atoms with Gasteiger partial charge in [0, 0.05) is 25.6 Å². The van der Waals surface area contributed by atoms with E-state index in [-0.39, 0.29) is 18.2 Å². The highest BCUT2D eigenvalue weighted by Gasteiger charge is 2.35. The van der Waals surface area contributed by atoms with Crippen LogP contribution in [0, 0.1) is 20.8 Å². The smallest absolute Gasteiger partial charge is 0.308 e. The zero-order chi connectivity index (χ0) is 18.1. The lowest BCUT2D eigenvalue weighted by Gasteiger charge is -2.40. The summed E-state index contributed by atoms with van der Waals surface area (Å²) in [6.45, 7) is 10.6. The summed E-state index contributed by atoms with van der Waals surface area (Å²) in [4.78, 5) is 13.4. The van der Waals surface area contributed by atoms with E-state index in [1.165, 1.54) is 6.92 Å². The highest BCUT2D eigenvalue weighted by Crippen LogP contribution is 2.43. The van der Waals surface area contributed by atoms with E-state index >= 15 is 0 Å². The summed E-state index contributed by atoms with van der Waals surface area (Å²) in [5.41, 5.74) is 3.75. The SMILES string of the molecule is CC(=O)Oc1c(C)c(C)c2c(c1C)CCC(C)(CN(C)CC[O])O2. The van der Waals surface area contributed by atoms with Crippen LogP contribution in [0.25, 0.3) is 0 Å². The van der Waals surface area contributed by atoms with Crippen molar-refractivity contribution < 1.29 is 19.4 Å². The molecule has 24 heavy (non-hydrogen) atoms. The maximum absolute atomic E-state index is 11.4. The van der Waals surface area contributed by atoms with E-state index in [1.807, 2.05) is 32.7 Å². The molecular weight excluding hydrogens is 306 g/mol. The van der Waals surface area contributed by atoms with E-state index in [2.05, 4.69) is 6.92 Å². The summed E-state index contributed by atoms with van der Waals surface area (Å²) in [7, 11) is 1.95.